The highest BCUT2D eigenvalue weighted by molar-refractivity contribution is 6.33. The van der Waals surface area contributed by atoms with Crippen molar-refractivity contribution < 1.29 is 4.74 Å². The largest absolute Gasteiger partial charge is 0.383 e. The lowest BCUT2D eigenvalue weighted by molar-refractivity contribution is 0.162. The molecule has 1 rings (SSSR count). The van der Waals surface area contributed by atoms with Crippen LogP contribution in [0, 0.1) is 0 Å². The Bertz CT molecular complexity index is 358. The van der Waals surface area contributed by atoms with Gasteiger partial charge in [0.15, 0.2) is 0 Å². The molecule has 0 aromatic heterocycles. The maximum Gasteiger partial charge on any atom is 0.0615 e. The number of aryl methyl sites for hydroxylation is 1. The minimum absolute atomic E-state index is 0.366. The van der Waals surface area contributed by atoms with Crippen LogP contribution in [0.4, 0.5) is 0 Å². The molecular weight excluding hydrogens is 269 g/mol. The lowest BCUT2D eigenvalue weighted by Crippen LogP contribution is -2.34. The Balaban J connectivity index is 2.52. The van der Waals surface area contributed by atoms with E-state index >= 15 is 0 Å². The van der Waals surface area contributed by atoms with Crippen LogP contribution in [0.2, 0.25) is 10.0 Å². The van der Waals surface area contributed by atoms with Crippen molar-refractivity contribution in [1.29, 1.82) is 0 Å². The molecule has 1 aromatic carbocycles. The second-order valence-corrected chi connectivity index (χ2v) is 5.22. The first kappa shape index (κ1) is 15.8. The van der Waals surface area contributed by atoms with E-state index in [0.717, 1.165) is 48.0 Å². The molecule has 0 aliphatic carbocycles. The molecule has 0 aliphatic rings. The van der Waals surface area contributed by atoms with Crippen molar-refractivity contribution in [3.63, 3.8) is 0 Å². The Hall–Kier alpha value is -0.280. The molecule has 0 spiro atoms. The fraction of sp³-hybridized carbons (Fsp3) is 0.571. The van der Waals surface area contributed by atoms with Crippen LogP contribution < -0.4 is 5.32 Å². The zero-order chi connectivity index (χ0) is 13.4. The van der Waals surface area contributed by atoms with Gasteiger partial charge in [-0.05, 0) is 49.6 Å². The highest BCUT2D eigenvalue weighted by Gasteiger charge is 2.09. The summed E-state index contributed by atoms with van der Waals surface area (Å²) in [6.07, 6.45) is 3.02. The fourth-order valence-electron chi connectivity index (χ4n) is 1.86. The Labute approximate surface area is 120 Å². The first-order valence-corrected chi connectivity index (χ1v) is 7.09. The van der Waals surface area contributed by atoms with Gasteiger partial charge in [0.25, 0.3) is 0 Å². The van der Waals surface area contributed by atoms with Gasteiger partial charge < -0.3 is 10.1 Å². The summed E-state index contributed by atoms with van der Waals surface area (Å²) < 4.78 is 5.22. The monoisotopic (exact) mass is 289 g/mol. The minimum atomic E-state index is 0.366. The normalized spacial score (nSPS) is 12.7. The van der Waals surface area contributed by atoms with Gasteiger partial charge in [0.05, 0.1) is 6.61 Å². The van der Waals surface area contributed by atoms with E-state index in [9.17, 15) is 0 Å². The lowest BCUT2D eigenvalue weighted by Gasteiger charge is -2.17. The molecule has 0 amide bonds. The lowest BCUT2D eigenvalue weighted by atomic mass is 10.1. The van der Waals surface area contributed by atoms with Gasteiger partial charge in [0.2, 0.25) is 0 Å². The molecule has 18 heavy (non-hydrogen) atoms. The maximum atomic E-state index is 6.15. The number of nitrogens with one attached hydrogen (secondary N) is 1. The Morgan fingerprint density at radius 1 is 1.33 bits per heavy atom. The first-order valence-electron chi connectivity index (χ1n) is 6.33. The van der Waals surface area contributed by atoms with Crippen LogP contribution >= 0.6 is 23.2 Å². The summed E-state index contributed by atoms with van der Waals surface area (Å²) in [5, 5.41) is 4.99. The van der Waals surface area contributed by atoms with Gasteiger partial charge >= 0.3 is 0 Å². The predicted octanol–water partition coefficient (Wildman–Crippen LogP) is 3.94. The highest BCUT2D eigenvalue weighted by atomic mass is 35.5. The van der Waals surface area contributed by atoms with Crippen molar-refractivity contribution in [2.75, 3.05) is 20.3 Å². The van der Waals surface area contributed by atoms with Crippen LogP contribution in [0.5, 0.6) is 0 Å². The van der Waals surface area contributed by atoms with Crippen LogP contribution in [0.3, 0.4) is 0 Å². The Kier molecular flexibility index (Phi) is 7.68. The smallest absolute Gasteiger partial charge is 0.0615 e. The predicted molar refractivity (Wildman–Crippen MR) is 78.7 cm³/mol. The number of hydrogen-bond acceptors (Lipinski definition) is 2. The van der Waals surface area contributed by atoms with Crippen LogP contribution in [-0.2, 0) is 11.2 Å². The quantitative estimate of drug-likeness (QED) is 0.783. The van der Waals surface area contributed by atoms with E-state index < -0.39 is 0 Å². The summed E-state index contributed by atoms with van der Waals surface area (Å²) >= 11 is 12.1. The molecule has 0 heterocycles. The van der Waals surface area contributed by atoms with E-state index in [1.807, 2.05) is 18.2 Å². The summed E-state index contributed by atoms with van der Waals surface area (Å²) in [5.41, 5.74) is 1.10. The van der Waals surface area contributed by atoms with Crippen molar-refractivity contribution in [2.45, 2.75) is 32.2 Å². The van der Waals surface area contributed by atoms with Crippen molar-refractivity contribution in [3.8, 4) is 0 Å². The molecule has 1 aromatic rings. The van der Waals surface area contributed by atoms with Crippen LogP contribution in [0.1, 0.15) is 25.3 Å². The molecule has 0 saturated carbocycles. The van der Waals surface area contributed by atoms with Crippen molar-refractivity contribution >= 4 is 23.2 Å². The van der Waals surface area contributed by atoms with Gasteiger partial charge in [-0.3, -0.25) is 0 Å². The van der Waals surface area contributed by atoms with Gasteiger partial charge in [0.1, 0.15) is 0 Å². The standard InChI is InChI=1S/C14H21Cl2NO/c1-3-8-17-13(10-18-2)6-4-11-9-12(15)5-7-14(11)16/h5,7,9,13,17H,3-4,6,8,10H2,1-2H3. The number of benzene rings is 1. The molecule has 1 N–H and O–H groups in total. The van der Waals surface area contributed by atoms with Crippen molar-refractivity contribution in [1.82, 2.24) is 5.32 Å². The average molecular weight is 290 g/mol. The van der Waals surface area contributed by atoms with E-state index in [1.54, 1.807) is 7.11 Å². The Morgan fingerprint density at radius 2 is 2.11 bits per heavy atom. The molecule has 2 nitrogen and oxygen atoms in total. The van der Waals surface area contributed by atoms with Gasteiger partial charge in [-0.25, -0.2) is 0 Å². The van der Waals surface area contributed by atoms with E-state index in [-0.39, 0.29) is 0 Å². The number of hydrogen-bond donors (Lipinski definition) is 1. The first-order chi connectivity index (χ1) is 8.67. The number of methoxy groups -OCH3 is 1. The molecule has 0 bridgehead atoms. The van der Waals surface area contributed by atoms with Crippen molar-refractivity contribution in [2.24, 2.45) is 0 Å². The second-order valence-electron chi connectivity index (χ2n) is 4.38. The molecule has 1 atom stereocenters. The summed E-state index contributed by atoms with van der Waals surface area (Å²) in [6, 6.07) is 5.97. The third-order valence-electron chi connectivity index (χ3n) is 2.82. The van der Waals surface area contributed by atoms with Crippen LogP contribution in [-0.4, -0.2) is 26.3 Å². The van der Waals surface area contributed by atoms with E-state index in [1.165, 1.54) is 0 Å². The minimum Gasteiger partial charge on any atom is -0.383 e. The number of halogens is 2. The van der Waals surface area contributed by atoms with E-state index in [4.69, 9.17) is 27.9 Å². The van der Waals surface area contributed by atoms with Crippen molar-refractivity contribution in [3.05, 3.63) is 33.8 Å². The number of ether oxygens (including phenoxy) is 1. The third-order valence-corrected chi connectivity index (χ3v) is 3.42. The fourth-order valence-corrected chi connectivity index (χ4v) is 2.27. The summed E-state index contributed by atoms with van der Waals surface area (Å²) in [6.45, 7) is 3.89. The summed E-state index contributed by atoms with van der Waals surface area (Å²) in [5.74, 6) is 0. The topological polar surface area (TPSA) is 21.3 Å². The molecule has 0 saturated heterocycles. The SMILES string of the molecule is CCCNC(CCc1cc(Cl)ccc1Cl)COC. The zero-order valence-electron chi connectivity index (χ0n) is 11.0. The average Bonchev–Trinajstić information content (AvgIpc) is 2.36. The van der Waals surface area contributed by atoms with E-state index in [2.05, 4.69) is 12.2 Å². The van der Waals surface area contributed by atoms with E-state index in [0.29, 0.717) is 6.04 Å². The molecule has 0 fully saturated rings. The van der Waals surface area contributed by atoms with Crippen LogP contribution in [0.15, 0.2) is 18.2 Å². The van der Waals surface area contributed by atoms with Crippen LogP contribution in [0.25, 0.3) is 0 Å². The molecule has 0 radical (unpaired) electrons. The molecule has 0 aliphatic heterocycles. The molecule has 1 unspecified atom stereocenters. The highest BCUT2D eigenvalue weighted by Crippen LogP contribution is 2.22. The molecule has 102 valence electrons. The molecule has 4 heteroatoms. The van der Waals surface area contributed by atoms with Gasteiger partial charge in [0, 0.05) is 23.2 Å². The maximum absolute atomic E-state index is 6.15. The summed E-state index contributed by atoms with van der Waals surface area (Å²) in [4.78, 5) is 0. The Morgan fingerprint density at radius 3 is 2.78 bits per heavy atom. The summed E-state index contributed by atoms with van der Waals surface area (Å²) in [7, 11) is 1.73. The van der Waals surface area contributed by atoms with Gasteiger partial charge in [-0.1, -0.05) is 30.1 Å². The second kappa shape index (κ2) is 8.76. The molecular formula is C14H21Cl2NO. The number of rotatable bonds is 8. The zero-order valence-corrected chi connectivity index (χ0v) is 12.5. The van der Waals surface area contributed by atoms with Gasteiger partial charge in [-0.2, -0.15) is 0 Å². The third kappa shape index (κ3) is 5.57. The van der Waals surface area contributed by atoms with Gasteiger partial charge in [-0.15, -0.1) is 0 Å².